The lowest BCUT2D eigenvalue weighted by Gasteiger charge is -2.24. The molecule has 0 rings (SSSR count). The largest absolute Gasteiger partial charge is 0.481 e. The van der Waals surface area contributed by atoms with Gasteiger partial charge in [-0.2, -0.15) is 0 Å². The van der Waals surface area contributed by atoms with Gasteiger partial charge in [0.15, 0.2) is 0 Å². The molecule has 3 atom stereocenters. The summed E-state index contributed by atoms with van der Waals surface area (Å²) in [6.45, 7) is 4.33. The van der Waals surface area contributed by atoms with Crippen molar-refractivity contribution in [2.45, 2.75) is 51.7 Å². The van der Waals surface area contributed by atoms with Crippen molar-refractivity contribution in [1.82, 2.24) is 16.0 Å². The monoisotopic (exact) mass is 374 g/mol. The van der Waals surface area contributed by atoms with Crippen molar-refractivity contribution in [2.24, 2.45) is 11.7 Å². The van der Waals surface area contributed by atoms with E-state index >= 15 is 0 Å². The summed E-state index contributed by atoms with van der Waals surface area (Å²) in [6.07, 6.45) is -0.723. The minimum absolute atomic E-state index is 0.292. The van der Waals surface area contributed by atoms with Crippen LogP contribution in [-0.4, -0.2) is 64.5 Å². The van der Waals surface area contributed by atoms with Crippen LogP contribution in [0.4, 0.5) is 0 Å². The molecule has 0 saturated carbocycles. The van der Waals surface area contributed by atoms with E-state index in [1.54, 1.807) is 13.8 Å². The molecule has 0 aliphatic carbocycles. The molecule has 0 aliphatic rings. The minimum Gasteiger partial charge on any atom is -0.481 e. The van der Waals surface area contributed by atoms with Crippen molar-refractivity contribution in [1.29, 1.82) is 0 Å². The number of carboxylic acids is 2. The second-order valence-corrected chi connectivity index (χ2v) is 6.13. The zero-order valence-corrected chi connectivity index (χ0v) is 14.9. The fourth-order valence-corrected chi connectivity index (χ4v) is 1.87. The third-order valence-corrected chi connectivity index (χ3v) is 3.36. The van der Waals surface area contributed by atoms with Gasteiger partial charge in [0.05, 0.1) is 12.6 Å². The normalized spacial score (nSPS) is 14.0. The quantitative estimate of drug-likeness (QED) is 0.240. The van der Waals surface area contributed by atoms with Crippen LogP contribution in [0.1, 0.15) is 33.6 Å². The number of hydrogen-bond donors (Lipinski definition) is 6. The topological polar surface area (TPSA) is 188 Å². The lowest BCUT2D eigenvalue weighted by atomic mass is 10.0. The fourth-order valence-electron chi connectivity index (χ4n) is 1.87. The van der Waals surface area contributed by atoms with Gasteiger partial charge < -0.3 is 31.9 Å². The van der Waals surface area contributed by atoms with E-state index in [0.29, 0.717) is 0 Å². The van der Waals surface area contributed by atoms with E-state index < -0.39 is 60.8 Å². The Morgan fingerprint density at radius 1 is 0.962 bits per heavy atom. The first-order valence-corrected chi connectivity index (χ1v) is 8.03. The van der Waals surface area contributed by atoms with Crippen molar-refractivity contribution >= 4 is 29.7 Å². The Kier molecular flexibility index (Phi) is 9.89. The SMILES string of the molecule is CC(N)C(=O)NCC(=O)NC(C(=O)NC(CCC(=O)O)C(=O)O)C(C)C. The third-order valence-electron chi connectivity index (χ3n) is 3.36. The molecular formula is C15H26N4O7. The molecule has 0 aromatic rings. The smallest absolute Gasteiger partial charge is 0.326 e. The second-order valence-electron chi connectivity index (χ2n) is 6.13. The number of rotatable bonds is 11. The van der Waals surface area contributed by atoms with Gasteiger partial charge in [-0.3, -0.25) is 19.2 Å². The van der Waals surface area contributed by atoms with Crippen LogP contribution in [-0.2, 0) is 24.0 Å². The molecule has 148 valence electrons. The summed E-state index contributed by atoms with van der Waals surface area (Å²) in [5.41, 5.74) is 5.35. The molecule has 3 unspecified atom stereocenters. The summed E-state index contributed by atoms with van der Waals surface area (Å²) in [5.74, 6) is -4.89. The Bertz CT molecular complexity index is 548. The highest BCUT2D eigenvalue weighted by molar-refractivity contribution is 5.92. The molecule has 0 bridgehead atoms. The predicted molar refractivity (Wildman–Crippen MR) is 89.9 cm³/mol. The zero-order chi connectivity index (χ0) is 20.4. The number of carboxylic acid groups (broad SMARTS) is 2. The van der Waals surface area contributed by atoms with E-state index in [1.165, 1.54) is 6.92 Å². The summed E-state index contributed by atoms with van der Waals surface area (Å²) < 4.78 is 0. The van der Waals surface area contributed by atoms with Crippen LogP contribution in [0, 0.1) is 5.92 Å². The maximum atomic E-state index is 12.3. The molecule has 0 aliphatic heterocycles. The summed E-state index contributed by atoms with van der Waals surface area (Å²) >= 11 is 0. The van der Waals surface area contributed by atoms with Gasteiger partial charge in [-0.05, 0) is 19.3 Å². The standard InChI is InChI=1S/C15H26N4O7/c1-7(2)12(19-10(20)6-17-13(23)8(3)16)14(24)18-9(15(25)26)4-5-11(21)22/h7-9,12H,4-6,16H2,1-3H3,(H,17,23)(H,18,24)(H,19,20)(H,21,22)(H,25,26). The van der Waals surface area contributed by atoms with E-state index in [0.717, 1.165) is 0 Å². The van der Waals surface area contributed by atoms with E-state index in [1.807, 2.05) is 0 Å². The van der Waals surface area contributed by atoms with Crippen molar-refractivity contribution in [3.63, 3.8) is 0 Å². The summed E-state index contributed by atoms with van der Waals surface area (Å²) in [4.78, 5) is 57.2. The van der Waals surface area contributed by atoms with Crippen LogP contribution in [0.15, 0.2) is 0 Å². The first-order valence-electron chi connectivity index (χ1n) is 8.03. The molecule has 3 amide bonds. The van der Waals surface area contributed by atoms with Crippen LogP contribution in [0.5, 0.6) is 0 Å². The van der Waals surface area contributed by atoms with Crippen molar-refractivity contribution < 1.29 is 34.2 Å². The van der Waals surface area contributed by atoms with Crippen LogP contribution in [0.3, 0.4) is 0 Å². The molecule has 26 heavy (non-hydrogen) atoms. The number of nitrogens with one attached hydrogen (secondary N) is 3. The average molecular weight is 374 g/mol. The van der Waals surface area contributed by atoms with Crippen LogP contribution >= 0.6 is 0 Å². The Labute approximate surface area is 150 Å². The van der Waals surface area contributed by atoms with Gasteiger partial charge in [-0.15, -0.1) is 0 Å². The maximum absolute atomic E-state index is 12.3. The predicted octanol–water partition coefficient (Wildman–Crippen LogP) is -1.98. The number of carbonyl (C=O) groups is 5. The van der Waals surface area contributed by atoms with Crippen molar-refractivity contribution in [2.75, 3.05) is 6.54 Å². The molecule has 0 fully saturated rings. The highest BCUT2D eigenvalue weighted by Crippen LogP contribution is 2.05. The van der Waals surface area contributed by atoms with E-state index in [9.17, 15) is 24.0 Å². The Hall–Kier alpha value is -2.69. The van der Waals surface area contributed by atoms with Gasteiger partial charge in [-0.1, -0.05) is 13.8 Å². The highest BCUT2D eigenvalue weighted by atomic mass is 16.4. The molecule has 0 spiro atoms. The lowest BCUT2D eigenvalue weighted by molar-refractivity contribution is -0.143. The van der Waals surface area contributed by atoms with Crippen LogP contribution < -0.4 is 21.7 Å². The highest BCUT2D eigenvalue weighted by Gasteiger charge is 2.29. The Morgan fingerprint density at radius 2 is 1.54 bits per heavy atom. The van der Waals surface area contributed by atoms with Gasteiger partial charge in [0.1, 0.15) is 12.1 Å². The minimum atomic E-state index is -1.39. The number of amides is 3. The van der Waals surface area contributed by atoms with Crippen molar-refractivity contribution in [3.8, 4) is 0 Å². The van der Waals surface area contributed by atoms with Gasteiger partial charge >= 0.3 is 11.9 Å². The van der Waals surface area contributed by atoms with Gasteiger partial charge in [-0.25, -0.2) is 4.79 Å². The first-order chi connectivity index (χ1) is 12.0. The zero-order valence-electron chi connectivity index (χ0n) is 14.9. The molecule has 0 aromatic carbocycles. The summed E-state index contributed by atoms with van der Waals surface area (Å²) in [5, 5.41) is 24.6. The molecule has 0 heterocycles. The van der Waals surface area contributed by atoms with Crippen molar-refractivity contribution in [3.05, 3.63) is 0 Å². The summed E-state index contributed by atoms with van der Waals surface area (Å²) in [6, 6.07) is -3.24. The molecule has 0 saturated heterocycles. The van der Waals surface area contributed by atoms with Gasteiger partial charge in [0.25, 0.3) is 0 Å². The molecule has 0 aromatic heterocycles. The van der Waals surface area contributed by atoms with Gasteiger partial charge in [0, 0.05) is 6.42 Å². The molecule has 7 N–H and O–H groups in total. The number of carbonyl (C=O) groups excluding carboxylic acids is 3. The number of aliphatic carboxylic acids is 2. The van der Waals surface area contributed by atoms with Crippen LogP contribution in [0.25, 0.3) is 0 Å². The maximum Gasteiger partial charge on any atom is 0.326 e. The summed E-state index contributed by atoms with van der Waals surface area (Å²) in [7, 11) is 0. The van der Waals surface area contributed by atoms with Gasteiger partial charge in [0.2, 0.25) is 17.7 Å². The fraction of sp³-hybridized carbons (Fsp3) is 0.667. The second kappa shape index (κ2) is 11.0. The molecule has 11 heteroatoms. The molecular weight excluding hydrogens is 348 g/mol. The molecule has 0 radical (unpaired) electrons. The first kappa shape index (κ1) is 23.3. The Balaban J connectivity index is 4.82. The van der Waals surface area contributed by atoms with E-state index in [4.69, 9.17) is 15.9 Å². The molecule has 11 nitrogen and oxygen atoms in total. The lowest BCUT2D eigenvalue weighted by Crippen LogP contribution is -2.55. The third kappa shape index (κ3) is 8.97. The average Bonchev–Trinajstić information content (AvgIpc) is 2.52. The number of nitrogens with two attached hydrogens (primary N) is 1. The van der Waals surface area contributed by atoms with E-state index in [2.05, 4.69) is 16.0 Å². The van der Waals surface area contributed by atoms with E-state index in [-0.39, 0.29) is 12.3 Å². The van der Waals surface area contributed by atoms with Crippen LogP contribution in [0.2, 0.25) is 0 Å². The Morgan fingerprint density at radius 3 is 1.96 bits per heavy atom. The number of hydrogen-bond acceptors (Lipinski definition) is 6.